The van der Waals surface area contributed by atoms with Crippen molar-refractivity contribution < 1.29 is 9.90 Å². The molecule has 2 heterocycles. The highest BCUT2D eigenvalue weighted by Gasteiger charge is 2.05. The molecule has 0 aliphatic heterocycles. The van der Waals surface area contributed by atoms with Crippen LogP contribution in [0.15, 0.2) is 23.8 Å². The van der Waals surface area contributed by atoms with Gasteiger partial charge in [-0.1, -0.05) is 0 Å². The van der Waals surface area contributed by atoms with Gasteiger partial charge in [0, 0.05) is 29.5 Å². The van der Waals surface area contributed by atoms with Crippen LogP contribution in [0.5, 0.6) is 0 Å². The van der Waals surface area contributed by atoms with Crippen molar-refractivity contribution in [2.24, 2.45) is 0 Å². The SMILES string of the molecule is Cc1cnn(CCNCc2cc(C(=O)O)cs2)c1. The van der Waals surface area contributed by atoms with Gasteiger partial charge in [0.25, 0.3) is 0 Å². The van der Waals surface area contributed by atoms with Crippen molar-refractivity contribution >= 4 is 17.3 Å². The average Bonchev–Trinajstić information content (AvgIpc) is 2.93. The Kier molecular flexibility index (Phi) is 4.11. The van der Waals surface area contributed by atoms with Crippen LogP contribution in [0.25, 0.3) is 0 Å². The molecule has 0 saturated carbocycles. The van der Waals surface area contributed by atoms with Crippen LogP contribution in [0.2, 0.25) is 0 Å². The summed E-state index contributed by atoms with van der Waals surface area (Å²) in [7, 11) is 0. The van der Waals surface area contributed by atoms with E-state index in [4.69, 9.17) is 5.11 Å². The Bertz CT molecular complexity index is 533. The van der Waals surface area contributed by atoms with Gasteiger partial charge in [-0.05, 0) is 18.6 Å². The predicted molar refractivity (Wildman–Crippen MR) is 69.9 cm³/mol. The van der Waals surface area contributed by atoms with Crippen molar-refractivity contribution in [3.8, 4) is 0 Å². The summed E-state index contributed by atoms with van der Waals surface area (Å²) >= 11 is 1.46. The second kappa shape index (κ2) is 5.79. The van der Waals surface area contributed by atoms with Gasteiger partial charge in [0.2, 0.25) is 0 Å². The first-order valence-corrected chi connectivity index (χ1v) is 6.53. The minimum Gasteiger partial charge on any atom is -0.478 e. The number of thiophene rings is 1. The Morgan fingerprint density at radius 3 is 3.06 bits per heavy atom. The van der Waals surface area contributed by atoms with Crippen LogP contribution in [0.1, 0.15) is 20.8 Å². The fourth-order valence-corrected chi connectivity index (χ4v) is 2.41. The van der Waals surface area contributed by atoms with E-state index in [1.54, 1.807) is 11.4 Å². The van der Waals surface area contributed by atoms with Crippen LogP contribution < -0.4 is 5.32 Å². The monoisotopic (exact) mass is 265 g/mol. The molecule has 2 N–H and O–H groups in total. The van der Waals surface area contributed by atoms with Crippen molar-refractivity contribution in [2.45, 2.75) is 20.0 Å². The number of aromatic carboxylic acids is 1. The second-order valence-electron chi connectivity index (χ2n) is 4.06. The quantitative estimate of drug-likeness (QED) is 0.781. The third kappa shape index (κ3) is 3.41. The van der Waals surface area contributed by atoms with Gasteiger partial charge in [0.1, 0.15) is 0 Å². The largest absolute Gasteiger partial charge is 0.478 e. The molecule has 5 nitrogen and oxygen atoms in total. The van der Waals surface area contributed by atoms with Crippen molar-refractivity contribution in [1.29, 1.82) is 0 Å². The predicted octanol–water partition coefficient (Wildman–Crippen LogP) is 1.74. The minimum atomic E-state index is -0.871. The maximum Gasteiger partial charge on any atom is 0.336 e. The van der Waals surface area contributed by atoms with Gasteiger partial charge in [-0.15, -0.1) is 11.3 Å². The van der Waals surface area contributed by atoms with Crippen LogP contribution in [-0.2, 0) is 13.1 Å². The molecule has 2 aromatic rings. The molecule has 96 valence electrons. The zero-order valence-electron chi connectivity index (χ0n) is 10.1. The summed E-state index contributed by atoms with van der Waals surface area (Å²) in [5, 5.41) is 17.9. The van der Waals surface area contributed by atoms with Gasteiger partial charge < -0.3 is 10.4 Å². The molecule has 2 aromatic heterocycles. The van der Waals surface area contributed by atoms with Crippen molar-refractivity contribution in [3.05, 3.63) is 39.8 Å². The fourth-order valence-electron chi connectivity index (χ4n) is 1.58. The number of nitrogens with one attached hydrogen (secondary N) is 1. The highest BCUT2D eigenvalue weighted by molar-refractivity contribution is 7.10. The van der Waals surface area contributed by atoms with Crippen LogP contribution in [0.3, 0.4) is 0 Å². The third-order valence-electron chi connectivity index (χ3n) is 2.48. The topological polar surface area (TPSA) is 67.2 Å². The smallest absolute Gasteiger partial charge is 0.336 e. The lowest BCUT2D eigenvalue weighted by molar-refractivity contribution is 0.0697. The number of carboxylic acid groups (broad SMARTS) is 1. The molecule has 0 spiro atoms. The first-order valence-electron chi connectivity index (χ1n) is 5.65. The first-order chi connectivity index (χ1) is 8.65. The summed E-state index contributed by atoms with van der Waals surface area (Å²) in [6.45, 7) is 4.32. The molecule has 0 bridgehead atoms. The molecule has 0 fully saturated rings. The number of aromatic nitrogens is 2. The van der Waals surface area contributed by atoms with Crippen LogP contribution in [0.4, 0.5) is 0 Å². The normalized spacial score (nSPS) is 10.7. The van der Waals surface area contributed by atoms with Gasteiger partial charge in [0.05, 0.1) is 18.3 Å². The van der Waals surface area contributed by atoms with E-state index in [1.165, 1.54) is 11.3 Å². The van der Waals surface area contributed by atoms with E-state index in [9.17, 15) is 4.79 Å². The summed E-state index contributed by atoms with van der Waals surface area (Å²) in [6.07, 6.45) is 3.83. The molecule has 0 aliphatic rings. The molecule has 0 amide bonds. The van der Waals surface area contributed by atoms with Crippen molar-refractivity contribution in [2.75, 3.05) is 6.54 Å². The Balaban J connectivity index is 1.73. The average molecular weight is 265 g/mol. The number of carbonyl (C=O) groups is 1. The molecular formula is C12H15N3O2S. The van der Waals surface area contributed by atoms with E-state index in [0.717, 1.165) is 23.5 Å². The van der Waals surface area contributed by atoms with Gasteiger partial charge in [-0.3, -0.25) is 4.68 Å². The first kappa shape index (κ1) is 12.8. The molecule has 0 radical (unpaired) electrons. The van der Waals surface area contributed by atoms with Gasteiger partial charge in [-0.2, -0.15) is 5.10 Å². The molecule has 0 aliphatic carbocycles. The zero-order chi connectivity index (χ0) is 13.0. The standard InChI is InChI=1S/C12H15N3O2S/c1-9-5-14-15(7-9)3-2-13-6-11-4-10(8-18-11)12(16)17/h4-5,7-8,13H,2-3,6H2,1H3,(H,16,17). The summed E-state index contributed by atoms with van der Waals surface area (Å²) in [4.78, 5) is 11.7. The Morgan fingerprint density at radius 2 is 2.44 bits per heavy atom. The number of carboxylic acids is 1. The van der Waals surface area contributed by atoms with E-state index in [-0.39, 0.29) is 0 Å². The van der Waals surface area contributed by atoms with E-state index in [0.29, 0.717) is 12.1 Å². The number of rotatable bonds is 6. The van der Waals surface area contributed by atoms with E-state index >= 15 is 0 Å². The Morgan fingerprint density at radius 1 is 1.61 bits per heavy atom. The lowest BCUT2D eigenvalue weighted by atomic mass is 10.3. The van der Waals surface area contributed by atoms with Gasteiger partial charge in [-0.25, -0.2) is 4.79 Å². The molecule has 0 saturated heterocycles. The van der Waals surface area contributed by atoms with Crippen molar-refractivity contribution in [3.63, 3.8) is 0 Å². The summed E-state index contributed by atoms with van der Waals surface area (Å²) < 4.78 is 1.89. The number of aryl methyl sites for hydroxylation is 1. The minimum absolute atomic E-state index is 0.361. The molecular weight excluding hydrogens is 250 g/mol. The Hall–Kier alpha value is -1.66. The molecule has 0 atom stereocenters. The van der Waals surface area contributed by atoms with Gasteiger partial charge >= 0.3 is 5.97 Å². The van der Waals surface area contributed by atoms with Crippen LogP contribution in [0, 0.1) is 6.92 Å². The summed E-state index contributed by atoms with van der Waals surface area (Å²) in [5.74, 6) is -0.871. The maximum absolute atomic E-state index is 10.7. The summed E-state index contributed by atoms with van der Waals surface area (Å²) in [5.41, 5.74) is 1.51. The highest BCUT2D eigenvalue weighted by Crippen LogP contribution is 2.14. The summed E-state index contributed by atoms with van der Waals surface area (Å²) in [6, 6.07) is 1.71. The van der Waals surface area contributed by atoms with Crippen molar-refractivity contribution in [1.82, 2.24) is 15.1 Å². The number of nitrogens with zero attached hydrogens (tertiary/aromatic N) is 2. The van der Waals surface area contributed by atoms with Gasteiger partial charge in [0.15, 0.2) is 0 Å². The third-order valence-corrected chi connectivity index (χ3v) is 3.42. The number of hydrogen-bond acceptors (Lipinski definition) is 4. The molecule has 18 heavy (non-hydrogen) atoms. The number of hydrogen-bond donors (Lipinski definition) is 2. The second-order valence-corrected chi connectivity index (χ2v) is 5.06. The Labute approximate surface area is 109 Å². The van der Waals surface area contributed by atoms with Crippen LogP contribution >= 0.6 is 11.3 Å². The molecule has 0 unspecified atom stereocenters. The zero-order valence-corrected chi connectivity index (χ0v) is 10.9. The van der Waals surface area contributed by atoms with E-state index < -0.39 is 5.97 Å². The fraction of sp³-hybridized carbons (Fsp3) is 0.333. The van der Waals surface area contributed by atoms with E-state index in [1.807, 2.05) is 24.0 Å². The molecule has 6 heteroatoms. The maximum atomic E-state index is 10.7. The van der Waals surface area contributed by atoms with Crippen LogP contribution in [-0.4, -0.2) is 27.4 Å². The van der Waals surface area contributed by atoms with E-state index in [2.05, 4.69) is 10.4 Å². The lowest BCUT2D eigenvalue weighted by Gasteiger charge is -2.03. The highest BCUT2D eigenvalue weighted by atomic mass is 32.1. The lowest BCUT2D eigenvalue weighted by Crippen LogP contribution is -2.19. The molecule has 2 rings (SSSR count). The molecule has 0 aromatic carbocycles.